The SMILES string of the molecule is NC1=N[C@H](c2ccc(N3N=C(c4ccccc4)C[C@H]3c3ccccc3)cc2)n2c(nc3ccccc32)N1. The Bertz CT molecular complexity index is 1640. The molecule has 2 atom stereocenters. The predicted molar refractivity (Wildman–Crippen MR) is 149 cm³/mol. The van der Waals surface area contributed by atoms with E-state index in [4.69, 9.17) is 20.8 Å². The summed E-state index contributed by atoms with van der Waals surface area (Å²) in [7, 11) is 0. The van der Waals surface area contributed by atoms with E-state index in [1.807, 2.05) is 24.3 Å². The number of fused-ring (bicyclic) bond motifs is 3. The monoisotopic (exact) mass is 483 g/mol. The van der Waals surface area contributed by atoms with E-state index in [0.29, 0.717) is 11.9 Å². The Labute approximate surface area is 214 Å². The number of hydrogen-bond donors (Lipinski definition) is 2. The van der Waals surface area contributed by atoms with Crippen molar-refractivity contribution in [1.29, 1.82) is 0 Å². The minimum atomic E-state index is -0.301. The summed E-state index contributed by atoms with van der Waals surface area (Å²) in [6.07, 6.45) is 0.541. The summed E-state index contributed by atoms with van der Waals surface area (Å²) in [5, 5.41) is 10.3. The molecule has 3 N–H and O–H groups in total. The molecule has 7 nitrogen and oxygen atoms in total. The molecule has 0 amide bonds. The quantitative estimate of drug-likeness (QED) is 0.345. The van der Waals surface area contributed by atoms with Gasteiger partial charge in [0.25, 0.3) is 0 Å². The molecule has 2 aliphatic heterocycles. The van der Waals surface area contributed by atoms with Crippen molar-refractivity contribution in [3.05, 3.63) is 126 Å². The highest BCUT2D eigenvalue weighted by atomic mass is 15.5. The van der Waals surface area contributed by atoms with Gasteiger partial charge in [0.15, 0.2) is 12.1 Å². The lowest BCUT2D eigenvalue weighted by molar-refractivity contribution is 0.625. The maximum atomic E-state index is 6.14. The van der Waals surface area contributed by atoms with Gasteiger partial charge < -0.3 is 5.73 Å². The molecule has 0 saturated carbocycles. The summed E-state index contributed by atoms with van der Waals surface area (Å²) in [6, 6.07) is 37.6. The van der Waals surface area contributed by atoms with Crippen LogP contribution in [0.4, 0.5) is 11.6 Å². The minimum Gasteiger partial charge on any atom is -0.370 e. The number of nitrogens with one attached hydrogen (secondary N) is 1. The fraction of sp³-hybridized carbons (Fsp3) is 0.100. The van der Waals surface area contributed by atoms with Crippen molar-refractivity contribution >= 4 is 34.3 Å². The first-order valence-electron chi connectivity index (χ1n) is 12.4. The van der Waals surface area contributed by atoms with Crippen LogP contribution >= 0.6 is 0 Å². The Morgan fingerprint density at radius 2 is 1.46 bits per heavy atom. The summed E-state index contributed by atoms with van der Waals surface area (Å²) in [6.45, 7) is 0. The van der Waals surface area contributed by atoms with Gasteiger partial charge >= 0.3 is 0 Å². The van der Waals surface area contributed by atoms with Gasteiger partial charge in [0.2, 0.25) is 5.95 Å². The normalized spacial score (nSPS) is 18.8. The molecule has 0 radical (unpaired) electrons. The number of aromatic nitrogens is 2. The lowest BCUT2D eigenvalue weighted by Crippen LogP contribution is -2.31. The van der Waals surface area contributed by atoms with Crippen molar-refractivity contribution in [2.45, 2.75) is 18.6 Å². The molecule has 4 aromatic carbocycles. The van der Waals surface area contributed by atoms with Gasteiger partial charge in [-0.15, -0.1) is 0 Å². The highest BCUT2D eigenvalue weighted by Crippen LogP contribution is 2.38. The van der Waals surface area contributed by atoms with Crippen LogP contribution in [0, 0.1) is 0 Å². The first-order valence-corrected chi connectivity index (χ1v) is 12.4. The van der Waals surface area contributed by atoms with Gasteiger partial charge in [-0.3, -0.25) is 14.9 Å². The third-order valence-electron chi connectivity index (χ3n) is 7.00. The molecule has 7 heteroatoms. The number of imidazole rings is 1. The third-order valence-corrected chi connectivity index (χ3v) is 7.00. The van der Waals surface area contributed by atoms with E-state index in [0.717, 1.165) is 40.0 Å². The van der Waals surface area contributed by atoms with E-state index >= 15 is 0 Å². The number of nitrogens with two attached hydrogens (primary N) is 1. The molecule has 0 bridgehead atoms. The second-order valence-electron chi connectivity index (χ2n) is 9.29. The van der Waals surface area contributed by atoms with Crippen LogP contribution in [0.25, 0.3) is 11.0 Å². The zero-order valence-corrected chi connectivity index (χ0v) is 20.1. The summed E-state index contributed by atoms with van der Waals surface area (Å²) in [5.41, 5.74) is 13.6. The highest BCUT2D eigenvalue weighted by Gasteiger charge is 2.30. The zero-order chi connectivity index (χ0) is 24.8. The van der Waals surface area contributed by atoms with Crippen molar-refractivity contribution in [3.63, 3.8) is 0 Å². The fourth-order valence-electron chi connectivity index (χ4n) is 5.23. The number of para-hydroxylation sites is 2. The van der Waals surface area contributed by atoms with Crippen molar-refractivity contribution in [2.24, 2.45) is 15.8 Å². The molecular formula is C30H25N7. The van der Waals surface area contributed by atoms with Gasteiger partial charge in [0, 0.05) is 6.42 Å². The largest absolute Gasteiger partial charge is 0.370 e. The number of nitrogens with zero attached hydrogens (tertiary/aromatic N) is 5. The van der Waals surface area contributed by atoms with E-state index < -0.39 is 0 Å². The summed E-state index contributed by atoms with van der Waals surface area (Å²) in [4.78, 5) is 9.43. The van der Waals surface area contributed by atoms with E-state index in [1.165, 1.54) is 5.56 Å². The standard InChI is InChI=1S/C30H25N7/c31-29-33-28(36-26-14-8-7-13-24(26)32-30(36)34-29)22-15-17-23(18-16-22)37-27(21-11-5-2-6-12-21)19-25(35-37)20-9-3-1-4-10-20/h1-18,27-28H,19H2,(H3,31,32,33,34)/t27-,28-/m0/s1. The maximum absolute atomic E-state index is 6.14. The van der Waals surface area contributed by atoms with Crippen molar-refractivity contribution in [1.82, 2.24) is 9.55 Å². The molecule has 0 saturated heterocycles. The molecule has 3 heterocycles. The van der Waals surface area contributed by atoms with E-state index in [1.54, 1.807) is 0 Å². The second-order valence-corrected chi connectivity index (χ2v) is 9.29. The van der Waals surface area contributed by atoms with Crippen LogP contribution in [0.2, 0.25) is 0 Å². The summed E-state index contributed by atoms with van der Waals surface area (Å²) < 4.78 is 2.09. The van der Waals surface area contributed by atoms with Crippen LogP contribution in [0.15, 0.2) is 119 Å². The Hall–Kier alpha value is -4.91. The van der Waals surface area contributed by atoms with Gasteiger partial charge in [-0.05, 0) is 41.0 Å². The van der Waals surface area contributed by atoms with Crippen molar-refractivity contribution in [3.8, 4) is 0 Å². The molecule has 0 aliphatic carbocycles. The average molecular weight is 484 g/mol. The Morgan fingerprint density at radius 3 is 2.24 bits per heavy atom. The Morgan fingerprint density at radius 1 is 0.757 bits per heavy atom. The Kier molecular flexibility index (Phi) is 4.99. The van der Waals surface area contributed by atoms with Gasteiger partial charge in [-0.2, -0.15) is 5.10 Å². The average Bonchev–Trinajstić information content (AvgIpc) is 3.56. The molecule has 5 aromatic rings. The lowest BCUT2D eigenvalue weighted by atomic mass is 9.98. The maximum Gasteiger partial charge on any atom is 0.212 e. The third kappa shape index (κ3) is 3.72. The van der Waals surface area contributed by atoms with Crippen LogP contribution in [0.3, 0.4) is 0 Å². The smallest absolute Gasteiger partial charge is 0.212 e. The molecular weight excluding hydrogens is 458 g/mol. The first-order chi connectivity index (χ1) is 18.2. The van der Waals surface area contributed by atoms with Crippen molar-refractivity contribution < 1.29 is 0 Å². The Balaban J connectivity index is 1.27. The molecule has 37 heavy (non-hydrogen) atoms. The molecule has 0 fully saturated rings. The molecule has 0 unspecified atom stereocenters. The molecule has 1 aromatic heterocycles. The van der Waals surface area contributed by atoms with Gasteiger partial charge in [0.05, 0.1) is 28.5 Å². The number of hydrogen-bond acceptors (Lipinski definition) is 6. The number of guanidine groups is 1. The van der Waals surface area contributed by atoms with Crippen LogP contribution in [-0.2, 0) is 0 Å². The summed E-state index contributed by atoms with van der Waals surface area (Å²) in [5.74, 6) is 1.06. The van der Waals surface area contributed by atoms with Crippen LogP contribution in [0.1, 0.15) is 35.3 Å². The highest BCUT2D eigenvalue weighted by molar-refractivity contribution is 6.03. The second kappa shape index (κ2) is 8.64. The number of rotatable bonds is 4. The topological polar surface area (TPSA) is 83.8 Å². The first kappa shape index (κ1) is 21.4. The number of anilines is 2. The van der Waals surface area contributed by atoms with Crippen molar-refractivity contribution in [2.75, 3.05) is 10.3 Å². The number of hydrazone groups is 1. The van der Waals surface area contributed by atoms with E-state index in [-0.39, 0.29) is 12.2 Å². The van der Waals surface area contributed by atoms with Gasteiger partial charge in [0.1, 0.15) is 0 Å². The fourth-order valence-corrected chi connectivity index (χ4v) is 5.23. The molecule has 2 aliphatic rings. The van der Waals surface area contributed by atoms with E-state index in [2.05, 4.69) is 99.8 Å². The van der Waals surface area contributed by atoms with Gasteiger partial charge in [-0.25, -0.2) is 9.98 Å². The lowest BCUT2D eigenvalue weighted by Gasteiger charge is -2.26. The molecule has 180 valence electrons. The predicted octanol–water partition coefficient (Wildman–Crippen LogP) is 5.68. The van der Waals surface area contributed by atoms with E-state index in [9.17, 15) is 0 Å². The molecule has 7 rings (SSSR count). The zero-order valence-electron chi connectivity index (χ0n) is 20.1. The van der Waals surface area contributed by atoms with Gasteiger partial charge in [-0.1, -0.05) is 84.9 Å². The summed E-state index contributed by atoms with van der Waals surface area (Å²) >= 11 is 0. The number of benzene rings is 4. The number of aliphatic imine (C=N–C) groups is 1. The van der Waals surface area contributed by atoms with Crippen LogP contribution in [0.5, 0.6) is 0 Å². The van der Waals surface area contributed by atoms with Crippen LogP contribution < -0.4 is 16.1 Å². The van der Waals surface area contributed by atoms with Crippen LogP contribution in [-0.4, -0.2) is 21.2 Å². The minimum absolute atomic E-state index is 0.124. The molecule has 0 spiro atoms.